The summed E-state index contributed by atoms with van der Waals surface area (Å²) in [7, 11) is 0. The van der Waals surface area contributed by atoms with Gasteiger partial charge in [-0.1, -0.05) is 26.0 Å². The van der Waals surface area contributed by atoms with Gasteiger partial charge in [0.1, 0.15) is 0 Å². The van der Waals surface area contributed by atoms with E-state index in [2.05, 4.69) is 43.4 Å². The van der Waals surface area contributed by atoms with E-state index in [1.165, 1.54) is 5.56 Å². The maximum atomic E-state index is 5.69. The van der Waals surface area contributed by atoms with Crippen LogP contribution in [0.4, 0.5) is 5.69 Å². The van der Waals surface area contributed by atoms with Crippen LogP contribution in [-0.4, -0.2) is 17.8 Å². The number of thioether (sulfide) groups is 1. The third-order valence-electron chi connectivity index (χ3n) is 2.17. The summed E-state index contributed by atoms with van der Waals surface area (Å²) in [5.74, 6) is 1.09. The molecule has 3 heteroatoms. The summed E-state index contributed by atoms with van der Waals surface area (Å²) in [4.78, 5) is 0. The SMILES string of the molecule is CC(N)CNc1ccc(CSC(C)C)cc1. The zero-order valence-corrected chi connectivity index (χ0v) is 11.2. The standard InChI is InChI=1S/C13H22N2S/c1-10(2)16-9-12-4-6-13(7-5-12)15-8-11(3)14/h4-7,10-11,15H,8-9,14H2,1-3H3. The largest absolute Gasteiger partial charge is 0.383 e. The quantitative estimate of drug-likeness (QED) is 0.800. The molecule has 0 aromatic heterocycles. The van der Waals surface area contributed by atoms with Gasteiger partial charge in [0, 0.05) is 24.0 Å². The Morgan fingerprint density at radius 2 is 1.81 bits per heavy atom. The smallest absolute Gasteiger partial charge is 0.0340 e. The average molecular weight is 238 g/mol. The van der Waals surface area contributed by atoms with E-state index in [9.17, 15) is 0 Å². The molecule has 0 fully saturated rings. The highest BCUT2D eigenvalue weighted by atomic mass is 32.2. The summed E-state index contributed by atoms with van der Waals surface area (Å²) >= 11 is 1.97. The second-order valence-electron chi connectivity index (χ2n) is 4.41. The van der Waals surface area contributed by atoms with E-state index >= 15 is 0 Å². The molecule has 90 valence electrons. The van der Waals surface area contributed by atoms with E-state index in [1.54, 1.807) is 0 Å². The average Bonchev–Trinajstić information content (AvgIpc) is 2.25. The van der Waals surface area contributed by atoms with E-state index in [1.807, 2.05) is 18.7 Å². The van der Waals surface area contributed by atoms with Crippen LogP contribution in [0.25, 0.3) is 0 Å². The van der Waals surface area contributed by atoms with E-state index in [0.29, 0.717) is 5.25 Å². The summed E-state index contributed by atoms with van der Waals surface area (Å²) in [5.41, 5.74) is 8.21. The van der Waals surface area contributed by atoms with Crippen LogP contribution in [0.3, 0.4) is 0 Å². The molecule has 0 spiro atoms. The lowest BCUT2D eigenvalue weighted by Gasteiger charge is -2.10. The molecule has 0 radical (unpaired) electrons. The third kappa shape index (κ3) is 5.42. The summed E-state index contributed by atoms with van der Waals surface area (Å²) < 4.78 is 0. The summed E-state index contributed by atoms with van der Waals surface area (Å²) in [6.07, 6.45) is 0. The Morgan fingerprint density at radius 3 is 2.31 bits per heavy atom. The van der Waals surface area contributed by atoms with Gasteiger partial charge in [-0.3, -0.25) is 0 Å². The fourth-order valence-electron chi connectivity index (χ4n) is 1.26. The fourth-order valence-corrected chi connectivity index (χ4v) is 1.98. The van der Waals surface area contributed by atoms with Crippen LogP contribution in [0, 0.1) is 0 Å². The van der Waals surface area contributed by atoms with Crippen molar-refractivity contribution >= 4 is 17.4 Å². The Kier molecular flexibility index (Phi) is 5.71. The Balaban J connectivity index is 2.41. The van der Waals surface area contributed by atoms with Crippen molar-refractivity contribution in [1.82, 2.24) is 0 Å². The molecule has 0 aliphatic carbocycles. The van der Waals surface area contributed by atoms with Crippen molar-refractivity contribution < 1.29 is 0 Å². The van der Waals surface area contributed by atoms with Gasteiger partial charge in [-0.05, 0) is 29.9 Å². The first-order valence-corrected chi connectivity index (χ1v) is 6.83. The van der Waals surface area contributed by atoms with Gasteiger partial charge in [0.25, 0.3) is 0 Å². The van der Waals surface area contributed by atoms with Crippen molar-refractivity contribution in [1.29, 1.82) is 0 Å². The lowest BCUT2D eigenvalue weighted by molar-refractivity contribution is 0.780. The minimum Gasteiger partial charge on any atom is -0.383 e. The van der Waals surface area contributed by atoms with Crippen LogP contribution in [0.1, 0.15) is 26.3 Å². The molecule has 0 bridgehead atoms. The first kappa shape index (κ1) is 13.4. The summed E-state index contributed by atoms with van der Waals surface area (Å²) in [5, 5.41) is 4.00. The van der Waals surface area contributed by atoms with E-state index < -0.39 is 0 Å². The van der Waals surface area contributed by atoms with Gasteiger partial charge in [0.15, 0.2) is 0 Å². The maximum Gasteiger partial charge on any atom is 0.0340 e. The molecular weight excluding hydrogens is 216 g/mol. The van der Waals surface area contributed by atoms with E-state index in [4.69, 9.17) is 5.73 Å². The molecule has 2 nitrogen and oxygen atoms in total. The van der Waals surface area contributed by atoms with Crippen LogP contribution in [-0.2, 0) is 5.75 Å². The lowest BCUT2D eigenvalue weighted by atomic mass is 10.2. The predicted molar refractivity (Wildman–Crippen MR) is 75.0 cm³/mol. The van der Waals surface area contributed by atoms with E-state index in [0.717, 1.165) is 18.0 Å². The molecule has 16 heavy (non-hydrogen) atoms. The molecule has 1 aromatic carbocycles. The van der Waals surface area contributed by atoms with Crippen LogP contribution >= 0.6 is 11.8 Å². The summed E-state index contributed by atoms with van der Waals surface area (Å²) in [6, 6.07) is 8.80. The topological polar surface area (TPSA) is 38.0 Å². The van der Waals surface area contributed by atoms with Crippen molar-refractivity contribution in [2.75, 3.05) is 11.9 Å². The minimum atomic E-state index is 0.191. The van der Waals surface area contributed by atoms with Crippen molar-refractivity contribution in [3.8, 4) is 0 Å². The fraction of sp³-hybridized carbons (Fsp3) is 0.538. The molecule has 1 rings (SSSR count). The highest BCUT2D eigenvalue weighted by Crippen LogP contribution is 2.18. The highest BCUT2D eigenvalue weighted by molar-refractivity contribution is 7.99. The number of anilines is 1. The Bertz CT molecular complexity index is 262. The maximum absolute atomic E-state index is 5.69. The normalized spacial score (nSPS) is 12.8. The van der Waals surface area contributed by atoms with Gasteiger partial charge >= 0.3 is 0 Å². The third-order valence-corrected chi connectivity index (χ3v) is 3.33. The molecule has 0 aliphatic rings. The number of benzene rings is 1. The van der Waals surface area contributed by atoms with Crippen LogP contribution in [0.5, 0.6) is 0 Å². The van der Waals surface area contributed by atoms with Gasteiger partial charge in [0.2, 0.25) is 0 Å². The zero-order chi connectivity index (χ0) is 12.0. The van der Waals surface area contributed by atoms with Gasteiger partial charge in [-0.2, -0.15) is 11.8 Å². The molecule has 0 amide bonds. The number of hydrogen-bond acceptors (Lipinski definition) is 3. The van der Waals surface area contributed by atoms with Gasteiger partial charge in [-0.25, -0.2) is 0 Å². The summed E-state index contributed by atoms with van der Waals surface area (Å²) in [6.45, 7) is 7.27. The molecule has 1 aromatic rings. The number of nitrogens with two attached hydrogens (primary N) is 1. The first-order valence-electron chi connectivity index (χ1n) is 5.78. The van der Waals surface area contributed by atoms with Gasteiger partial charge in [0.05, 0.1) is 0 Å². The first-order chi connectivity index (χ1) is 7.58. The van der Waals surface area contributed by atoms with E-state index in [-0.39, 0.29) is 6.04 Å². The van der Waals surface area contributed by atoms with Crippen LogP contribution < -0.4 is 11.1 Å². The molecule has 0 heterocycles. The van der Waals surface area contributed by atoms with Crippen LogP contribution in [0.2, 0.25) is 0 Å². The van der Waals surface area contributed by atoms with Gasteiger partial charge in [-0.15, -0.1) is 0 Å². The molecule has 1 atom stereocenters. The van der Waals surface area contributed by atoms with Crippen molar-refractivity contribution in [2.45, 2.75) is 37.8 Å². The van der Waals surface area contributed by atoms with Crippen LogP contribution in [0.15, 0.2) is 24.3 Å². The van der Waals surface area contributed by atoms with Crippen molar-refractivity contribution in [3.63, 3.8) is 0 Å². The molecule has 3 N–H and O–H groups in total. The monoisotopic (exact) mass is 238 g/mol. The molecular formula is C13H22N2S. The minimum absolute atomic E-state index is 0.191. The molecule has 0 saturated carbocycles. The Hall–Kier alpha value is -0.670. The second kappa shape index (κ2) is 6.81. The lowest BCUT2D eigenvalue weighted by Crippen LogP contribution is -2.25. The number of rotatable bonds is 6. The van der Waals surface area contributed by atoms with Crippen molar-refractivity contribution in [2.24, 2.45) is 5.73 Å². The molecule has 0 aliphatic heterocycles. The van der Waals surface area contributed by atoms with Crippen molar-refractivity contribution in [3.05, 3.63) is 29.8 Å². The Morgan fingerprint density at radius 1 is 1.19 bits per heavy atom. The predicted octanol–water partition coefficient (Wildman–Crippen LogP) is 3.09. The Labute approximate surface area is 103 Å². The van der Waals surface area contributed by atoms with Gasteiger partial charge < -0.3 is 11.1 Å². The number of nitrogens with one attached hydrogen (secondary N) is 1. The zero-order valence-electron chi connectivity index (χ0n) is 10.4. The number of hydrogen-bond donors (Lipinski definition) is 2. The molecule has 0 saturated heterocycles. The second-order valence-corrected chi connectivity index (χ2v) is 5.98. The molecule has 1 unspecified atom stereocenters. The highest BCUT2D eigenvalue weighted by Gasteiger charge is 1.98.